The van der Waals surface area contributed by atoms with Gasteiger partial charge in [0.05, 0.1) is 17.6 Å². The van der Waals surface area contributed by atoms with Gasteiger partial charge in [0, 0.05) is 32.2 Å². The summed E-state index contributed by atoms with van der Waals surface area (Å²) in [5, 5.41) is 4.82. The summed E-state index contributed by atoms with van der Waals surface area (Å²) in [6.07, 6.45) is 7.51. The highest BCUT2D eigenvalue weighted by molar-refractivity contribution is 6.31. The lowest BCUT2D eigenvalue weighted by atomic mass is 10.2. The van der Waals surface area contributed by atoms with Gasteiger partial charge in [-0.3, -0.25) is 9.48 Å². The van der Waals surface area contributed by atoms with Gasteiger partial charge >= 0.3 is 0 Å². The van der Waals surface area contributed by atoms with E-state index in [1.807, 2.05) is 28.9 Å². The van der Waals surface area contributed by atoms with Gasteiger partial charge in [0.2, 0.25) is 0 Å². The molecule has 0 bridgehead atoms. The lowest BCUT2D eigenvalue weighted by Gasteiger charge is -2.24. The Balaban J connectivity index is 1.78. The Morgan fingerprint density at radius 3 is 3.05 bits per heavy atom. The lowest BCUT2D eigenvalue weighted by Crippen LogP contribution is -2.38. The van der Waals surface area contributed by atoms with E-state index in [0.29, 0.717) is 10.7 Å². The zero-order valence-electron chi connectivity index (χ0n) is 11.4. The molecule has 1 amide bonds. The average molecular weight is 293 g/mol. The van der Waals surface area contributed by atoms with Crippen LogP contribution in [0.2, 0.25) is 5.02 Å². The van der Waals surface area contributed by atoms with Crippen LogP contribution < -0.4 is 0 Å². The first-order chi connectivity index (χ1) is 9.65. The van der Waals surface area contributed by atoms with Crippen molar-refractivity contribution < 1.29 is 4.79 Å². The number of aryl methyl sites for hydroxylation is 1. The van der Waals surface area contributed by atoms with E-state index in [-0.39, 0.29) is 11.9 Å². The predicted octanol–water partition coefficient (Wildman–Crippen LogP) is 2.18. The SMILES string of the molecule is Cn1cc(Cl)cc1C(=O)N1CCC[C@H]1Cn1cccn1. The highest BCUT2D eigenvalue weighted by Gasteiger charge is 2.31. The molecule has 106 valence electrons. The summed E-state index contributed by atoms with van der Waals surface area (Å²) in [6, 6.07) is 3.83. The smallest absolute Gasteiger partial charge is 0.270 e. The van der Waals surface area contributed by atoms with Gasteiger partial charge in [-0.25, -0.2) is 0 Å². The van der Waals surface area contributed by atoms with E-state index in [2.05, 4.69) is 5.10 Å². The lowest BCUT2D eigenvalue weighted by molar-refractivity contribution is 0.0712. The molecule has 1 atom stereocenters. The molecule has 0 spiro atoms. The molecule has 0 aliphatic carbocycles. The van der Waals surface area contributed by atoms with Crippen LogP contribution in [-0.2, 0) is 13.6 Å². The fourth-order valence-corrected chi connectivity index (χ4v) is 3.05. The van der Waals surface area contributed by atoms with Gasteiger partial charge in [0.25, 0.3) is 5.91 Å². The third kappa shape index (κ3) is 2.45. The fourth-order valence-electron chi connectivity index (χ4n) is 2.80. The molecular formula is C14H17ClN4O. The number of likely N-dealkylation sites (tertiary alicyclic amines) is 1. The summed E-state index contributed by atoms with van der Waals surface area (Å²) in [4.78, 5) is 14.6. The Kier molecular flexibility index (Phi) is 3.53. The maximum absolute atomic E-state index is 12.6. The molecule has 0 N–H and O–H groups in total. The topological polar surface area (TPSA) is 43.1 Å². The van der Waals surface area contributed by atoms with E-state index < -0.39 is 0 Å². The Hall–Kier alpha value is -1.75. The Bertz CT molecular complexity index is 605. The van der Waals surface area contributed by atoms with E-state index in [1.54, 1.807) is 23.0 Å². The molecule has 0 radical (unpaired) electrons. The largest absolute Gasteiger partial charge is 0.345 e. The normalized spacial score (nSPS) is 18.7. The van der Waals surface area contributed by atoms with Crippen molar-refractivity contribution in [1.82, 2.24) is 19.2 Å². The minimum atomic E-state index is 0.0501. The second kappa shape index (κ2) is 5.32. The predicted molar refractivity (Wildman–Crippen MR) is 76.7 cm³/mol. The van der Waals surface area contributed by atoms with Crippen molar-refractivity contribution in [3.8, 4) is 0 Å². The molecule has 0 aromatic carbocycles. The molecule has 1 saturated heterocycles. The minimum Gasteiger partial charge on any atom is -0.345 e. The van der Waals surface area contributed by atoms with E-state index in [1.165, 1.54) is 0 Å². The van der Waals surface area contributed by atoms with Gasteiger partial charge in [0.15, 0.2) is 0 Å². The summed E-state index contributed by atoms with van der Waals surface area (Å²) in [7, 11) is 1.84. The minimum absolute atomic E-state index is 0.0501. The number of rotatable bonds is 3. The second-order valence-corrected chi connectivity index (χ2v) is 5.61. The summed E-state index contributed by atoms with van der Waals surface area (Å²) < 4.78 is 3.67. The van der Waals surface area contributed by atoms with Crippen LogP contribution in [0.3, 0.4) is 0 Å². The van der Waals surface area contributed by atoms with Gasteiger partial charge < -0.3 is 9.47 Å². The van der Waals surface area contributed by atoms with Crippen LogP contribution in [0.1, 0.15) is 23.3 Å². The molecule has 5 nitrogen and oxygen atoms in total. The third-order valence-electron chi connectivity index (χ3n) is 3.79. The van der Waals surface area contributed by atoms with Crippen LogP contribution in [0.25, 0.3) is 0 Å². The zero-order chi connectivity index (χ0) is 14.1. The van der Waals surface area contributed by atoms with Crippen LogP contribution in [0.5, 0.6) is 0 Å². The molecule has 1 aliphatic heterocycles. The van der Waals surface area contributed by atoms with Crippen LogP contribution in [0.15, 0.2) is 30.7 Å². The van der Waals surface area contributed by atoms with Gasteiger partial charge in [-0.2, -0.15) is 5.10 Å². The van der Waals surface area contributed by atoms with Crippen molar-refractivity contribution in [1.29, 1.82) is 0 Å². The maximum Gasteiger partial charge on any atom is 0.270 e. The maximum atomic E-state index is 12.6. The van der Waals surface area contributed by atoms with Gasteiger partial charge in [0.1, 0.15) is 5.69 Å². The van der Waals surface area contributed by atoms with Crippen LogP contribution >= 0.6 is 11.6 Å². The highest BCUT2D eigenvalue weighted by atomic mass is 35.5. The average Bonchev–Trinajstić information content (AvgIpc) is 3.11. The molecule has 1 aliphatic rings. The summed E-state index contributed by atoms with van der Waals surface area (Å²) in [6.45, 7) is 1.55. The molecule has 2 aromatic rings. The summed E-state index contributed by atoms with van der Waals surface area (Å²) in [5.41, 5.74) is 0.641. The first-order valence-corrected chi connectivity index (χ1v) is 7.13. The van der Waals surface area contributed by atoms with Gasteiger partial charge in [-0.1, -0.05) is 11.6 Å². The number of hydrogen-bond donors (Lipinski definition) is 0. The quantitative estimate of drug-likeness (QED) is 0.870. The van der Waals surface area contributed by atoms with Crippen molar-refractivity contribution in [2.75, 3.05) is 6.54 Å². The number of nitrogens with zero attached hydrogens (tertiary/aromatic N) is 4. The molecule has 2 aromatic heterocycles. The second-order valence-electron chi connectivity index (χ2n) is 5.18. The van der Waals surface area contributed by atoms with Crippen LogP contribution in [0, 0.1) is 0 Å². The fraction of sp³-hybridized carbons (Fsp3) is 0.429. The molecule has 20 heavy (non-hydrogen) atoms. The van der Waals surface area contributed by atoms with E-state index in [4.69, 9.17) is 11.6 Å². The number of aromatic nitrogens is 3. The van der Waals surface area contributed by atoms with Gasteiger partial charge in [-0.05, 0) is 25.0 Å². The van der Waals surface area contributed by atoms with Crippen molar-refractivity contribution in [2.24, 2.45) is 7.05 Å². The van der Waals surface area contributed by atoms with E-state index in [0.717, 1.165) is 25.9 Å². The molecule has 3 heterocycles. The van der Waals surface area contributed by atoms with Crippen molar-refractivity contribution in [3.05, 3.63) is 41.4 Å². The van der Waals surface area contributed by atoms with Crippen molar-refractivity contribution >= 4 is 17.5 Å². The zero-order valence-corrected chi connectivity index (χ0v) is 12.1. The summed E-state index contributed by atoms with van der Waals surface area (Å²) in [5.74, 6) is 0.0501. The molecular weight excluding hydrogens is 276 g/mol. The number of hydrogen-bond acceptors (Lipinski definition) is 2. The van der Waals surface area contributed by atoms with Crippen LogP contribution in [0.4, 0.5) is 0 Å². The Morgan fingerprint density at radius 2 is 2.40 bits per heavy atom. The number of carbonyl (C=O) groups excluding carboxylic acids is 1. The van der Waals surface area contributed by atoms with Crippen LogP contribution in [-0.4, -0.2) is 37.7 Å². The standard InChI is InChI=1S/C14H17ClN4O/c1-17-9-11(15)8-13(17)14(20)19-7-2-4-12(19)10-18-6-3-5-16-18/h3,5-6,8-9,12H,2,4,7,10H2,1H3/t12-/m0/s1. The number of halogens is 1. The van der Waals surface area contributed by atoms with E-state index in [9.17, 15) is 4.79 Å². The number of carbonyl (C=O) groups is 1. The third-order valence-corrected chi connectivity index (χ3v) is 3.99. The molecule has 1 fully saturated rings. The first kappa shape index (κ1) is 13.2. The molecule has 0 unspecified atom stereocenters. The van der Waals surface area contributed by atoms with Crippen molar-refractivity contribution in [3.63, 3.8) is 0 Å². The first-order valence-electron chi connectivity index (χ1n) is 6.75. The monoisotopic (exact) mass is 292 g/mol. The van der Waals surface area contributed by atoms with E-state index >= 15 is 0 Å². The Labute approximate surface area is 122 Å². The Morgan fingerprint density at radius 1 is 1.55 bits per heavy atom. The molecule has 3 rings (SSSR count). The highest BCUT2D eigenvalue weighted by Crippen LogP contribution is 2.23. The molecule has 6 heteroatoms. The van der Waals surface area contributed by atoms with Gasteiger partial charge in [-0.15, -0.1) is 0 Å². The van der Waals surface area contributed by atoms with Crippen molar-refractivity contribution in [2.45, 2.75) is 25.4 Å². The summed E-state index contributed by atoms with van der Waals surface area (Å²) >= 11 is 5.96. The number of amides is 1. The molecule has 0 saturated carbocycles.